The zero-order valence-corrected chi connectivity index (χ0v) is 23.0. The van der Waals surface area contributed by atoms with Crippen LogP contribution in [0, 0.1) is 10.1 Å². The fourth-order valence-electron chi connectivity index (χ4n) is 4.55. The Hall–Kier alpha value is -3.14. The molecule has 3 fully saturated rings. The number of fused-ring (bicyclic) bond motifs is 3. The Balaban J connectivity index is 0.000000298. The molecule has 14 heteroatoms. The predicted molar refractivity (Wildman–Crippen MR) is 147 cm³/mol. The maximum atomic E-state index is 10.7. The average Bonchev–Trinajstić information content (AvgIpc) is 3.43. The number of rotatable bonds is 10. The van der Waals surface area contributed by atoms with E-state index in [-0.39, 0.29) is 15.0 Å². The van der Waals surface area contributed by atoms with Gasteiger partial charge in [0.25, 0.3) is 0 Å². The van der Waals surface area contributed by atoms with Gasteiger partial charge in [-0.05, 0) is 54.1 Å². The summed E-state index contributed by atoms with van der Waals surface area (Å²) in [6, 6.07) is 15.1. The molecule has 2 bridgehead atoms. The number of hydrogen-bond acceptors (Lipinski definition) is 11. The molecule has 2 aromatic carbocycles. The molecular formula is C25H31N7O5S2. The van der Waals surface area contributed by atoms with E-state index >= 15 is 0 Å². The van der Waals surface area contributed by atoms with Crippen molar-refractivity contribution in [3.8, 4) is 0 Å². The number of nitrogens with one attached hydrogen (secondary N) is 1. The number of hydrogen-bond donors (Lipinski definition) is 1. The largest absolute Gasteiger partial charge is 0.744 e. The van der Waals surface area contributed by atoms with Gasteiger partial charge in [-0.1, -0.05) is 30.3 Å². The third-order valence-electron chi connectivity index (χ3n) is 6.91. The van der Waals surface area contributed by atoms with Crippen LogP contribution >= 0.6 is 11.3 Å². The van der Waals surface area contributed by atoms with E-state index in [0.29, 0.717) is 5.69 Å². The minimum absolute atomic E-state index is 0.0332. The number of nitro groups is 1. The van der Waals surface area contributed by atoms with Gasteiger partial charge in [-0.25, -0.2) is 13.4 Å². The van der Waals surface area contributed by atoms with Crippen LogP contribution in [-0.4, -0.2) is 91.2 Å². The van der Waals surface area contributed by atoms with Crippen LogP contribution in [0.25, 0.3) is 0 Å². The van der Waals surface area contributed by atoms with Gasteiger partial charge >= 0.3 is 5.00 Å². The van der Waals surface area contributed by atoms with E-state index in [1.54, 1.807) is 6.07 Å². The molecule has 1 aromatic heterocycles. The lowest BCUT2D eigenvalue weighted by Gasteiger charge is -2.50. The maximum absolute atomic E-state index is 10.7. The third kappa shape index (κ3) is 8.68. The van der Waals surface area contributed by atoms with Crippen LogP contribution in [0.15, 0.2) is 75.9 Å². The lowest BCUT2D eigenvalue weighted by atomic mass is 10.1. The zero-order chi connectivity index (χ0) is 27.7. The highest BCUT2D eigenvalue weighted by atomic mass is 32.2. The summed E-state index contributed by atoms with van der Waals surface area (Å²) in [6.07, 6.45) is 2.18. The topological polar surface area (TPSA) is 153 Å². The summed E-state index contributed by atoms with van der Waals surface area (Å²) in [5.41, 5.74) is 1.96. The van der Waals surface area contributed by atoms with Crippen molar-refractivity contribution < 1.29 is 22.4 Å². The van der Waals surface area contributed by atoms with E-state index in [9.17, 15) is 23.1 Å². The first kappa shape index (κ1) is 28.9. The maximum Gasteiger partial charge on any atom is 0.345 e. The molecule has 3 saturated heterocycles. The Morgan fingerprint density at radius 2 is 1.67 bits per heavy atom. The number of azo groups is 1. The standard InChI is InChI=1S/C19H26N7O2S.C6H6O3S/c27-25(28)18-15-21-19(29-18)23-22-17-3-1-16(2-4-17)5-6-20-7-11-26-12-8-24(9-13-26)10-14-26;7-10(8,9)6-4-2-1-3-5-6/h1-4,15,20H,5-14H2;1-5H,(H,7,8,9)/q+1;/p-1. The summed E-state index contributed by atoms with van der Waals surface area (Å²) < 4.78 is 32.1. The van der Waals surface area contributed by atoms with Crippen LogP contribution in [0.1, 0.15) is 5.56 Å². The van der Waals surface area contributed by atoms with Gasteiger partial charge in [0, 0.05) is 26.2 Å². The number of thiazole rings is 1. The molecule has 0 saturated carbocycles. The van der Waals surface area contributed by atoms with Crippen LogP contribution in [-0.2, 0) is 16.5 Å². The molecule has 1 N–H and O–H groups in total. The van der Waals surface area contributed by atoms with Crippen LogP contribution in [0.5, 0.6) is 0 Å². The summed E-state index contributed by atoms with van der Waals surface area (Å²) in [6.45, 7) is 11.0. The summed E-state index contributed by atoms with van der Waals surface area (Å²) in [5, 5.41) is 22.6. The van der Waals surface area contributed by atoms with Crippen LogP contribution in [0.2, 0.25) is 0 Å². The second-order valence-corrected chi connectivity index (χ2v) is 11.8. The van der Waals surface area contributed by atoms with Crippen molar-refractivity contribution in [2.75, 3.05) is 58.9 Å². The monoisotopic (exact) mass is 573 g/mol. The number of benzene rings is 2. The molecule has 39 heavy (non-hydrogen) atoms. The first-order valence-electron chi connectivity index (χ1n) is 12.6. The molecule has 0 aliphatic carbocycles. The highest BCUT2D eigenvalue weighted by Crippen LogP contribution is 2.28. The Kier molecular flexibility index (Phi) is 9.83. The van der Waals surface area contributed by atoms with Gasteiger partial charge in [-0.15, -0.1) is 10.2 Å². The molecule has 12 nitrogen and oxygen atoms in total. The smallest absolute Gasteiger partial charge is 0.345 e. The fraction of sp³-hybridized carbons (Fsp3) is 0.400. The second kappa shape index (κ2) is 13.3. The second-order valence-electron chi connectivity index (χ2n) is 9.45. The summed E-state index contributed by atoms with van der Waals surface area (Å²) >= 11 is 0.911. The molecule has 0 spiro atoms. The van der Waals surface area contributed by atoms with Crippen molar-refractivity contribution in [3.05, 3.63) is 76.5 Å². The van der Waals surface area contributed by atoms with Crippen molar-refractivity contribution in [3.63, 3.8) is 0 Å². The van der Waals surface area contributed by atoms with Gasteiger partial charge < -0.3 is 14.4 Å². The third-order valence-corrected chi connectivity index (χ3v) is 8.59. The Bertz CT molecular complexity index is 1340. The number of piperazine rings is 3. The highest BCUT2D eigenvalue weighted by molar-refractivity contribution is 7.85. The van der Waals surface area contributed by atoms with Crippen molar-refractivity contribution in [1.82, 2.24) is 15.2 Å². The molecule has 3 aromatic rings. The van der Waals surface area contributed by atoms with E-state index in [1.807, 2.05) is 24.3 Å². The molecule has 6 rings (SSSR count). The number of nitrogens with zero attached hydrogens (tertiary/aromatic N) is 6. The number of aromatic nitrogens is 1. The molecule has 4 heterocycles. The van der Waals surface area contributed by atoms with Crippen LogP contribution in [0.3, 0.4) is 0 Å². The molecule has 0 unspecified atom stereocenters. The first-order chi connectivity index (χ1) is 18.7. The molecule has 3 aliphatic heterocycles. The van der Waals surface area contributed by atoms with E-state index in [2.05, 4.69) is 25.4 Å². The van der Waals surface area contributed by atoms with Crippen LogP contribution < -0.4 is 5.32 Å². The summed E-state index contributed by atoms with van der Waals surface area (Å²) in [5.74, 6) is 0. The van der Waals surface area contributed by atoms with Gasteiger partial charge in [0.15, 0.2) is 0 Å². The van der Waals surface area contributed by atoms with Gasteiger partial charge in [-0.3, -0.25) is 15.0 Å². The van der Waals surface area contributed by atoms with Gasteiger partial charge in [0.05, 0.1) is 41.7 Å². The van der Waals surface area contributed by atoms with Gasteiger partial charge in [0.1, 0.15) is 16.3 Å². The van der Waals surface area contributed by atoms with Gasteiger partial charge in [-0.2, -0.15) is 0 Å². The average molecular weight is 574 g/mol. The molecule has 0 radical (unpaired) electrons. The molecular weight excluding hydrogens is 542 g/mol. The van der Waals surface area contributed by atoms with E-state index in [0.717, 1.165) is 30.8 Å². The van der Waals surface area contributed by atoms with Crippen molar-refractivity contribution in [2.24, 2.45) is 10.2 Å². The molecule has 3 aliphatic rings. The number of quaternary nitrogens is 1. The van der Waals surface area contributed by atoms with Gasteiger partial charge in [0.2, 0.25) is 5.13 Å². The molecule has 208 valence electrons. The Morgan fingerprint density at radius 1 is 1.00 bits per heavy atom. The Labute approximate surface area is 231 Å². The quantitative estimate of drug-likeness (QED) is 0.0968. The lowest BCUT2D eigenvalue weighted by Crippen LogP contribution is -2.68. The zero-order valence-electron chi connectivity index (χ0n) is 21.4. The Morgan fingerprint density at radius 3 is 2.23 bits per heavy atom. The SMILES string of the molecule is O=S(=O)([O-])c1ccccc1.O=[N+]([O-])c1cnc(N=Nc2ccc(CCNCC[N+]34CCN(CC3)CC4)cc2)s1. The normalized spacial score (nSPS) is 20.5. The first-order valence-corrected chi connectivity index (χ1v) is 14.8. The van der Waals surface area contributed by atoms with E-state index in [1.165, 1.54) is 86.3 Å². The highest BCUT2D eigenvalue weighted by Gasteiger charge is 2.37. The lowest BCUT2D eigenvalue weighted by molar-refractivity contribution is -0.939. The van der Waals surface area contributed by atoms with Crippen molar-refractivity contribution in [2.45, 2.75) is 11.3 Å². The van der Waals surface area contributed by atoms with Crippen LogP contribution in [0.4, 0.5) is 15.8 Å². The van der Waals surface area contributed by atoms with E-state index in [4.69, 9.17) is 0 Å². The molecule has 0 amide bonds. The molecule has 0 atom stereocenters. The summed E-state index contributed by atoms with van der Waals surface area (Å²) in [4.78, 5) is 16.5. The minimum atomic E-state index is -4.25. The fourth-order valence-corrected chi connectivity index (χ4v) is 5.59. The van der Waals surface area contributed by atoms with E-state index < -0.39 is 15.0 Å². The summed E-state index contributed by atoms with van der Waals surface area (Å²) in [7, 11) is -4.25. The minimum Gasteiger partial charge on any atom is -0.744 e. The van der Waals surface area contributed by atoms with Crippen molar-refractivity contribution >= 4 is 37.3 Å². The predicted octanol–water partition coefficient (Wildman–Crippen LogP) is 3.34. The van der Waals surface area contributed by atoms with Crippen molar-refractivity contribution in [1.29, 1.82) is 0 Å².